The van der Waals surface area contributed by atoms with Crippen LogP contribution >= 0.6 is 11.3 Å². The van der Waals surface area contributed by atoms with Gasteiger partial charge in [0.25, 0.3) is 0 Å². The molecule has 2 rings (SSSR count). The van der Waals surface area contributed by atoms with Crippen molar-refractivity contribution in [1.29, 1.82) is 0 Å². The van der Waals surface area contributed by atoms with Gasteiger partial charge in [-0.1, -0.05) is 0 Å². The van der Waals surface area contributed by atoms with Crippen molar-refractivity contribution < 1.29 is 19.4 Å². The fourth-order valence-corrected chi connectivity index (χ4v) is 2.43. The molecule has 1 aliphatic heterocycles. The number of carbonyl (C=O) groups excluding carboxylic acids is 1. The summed E-state index contributed by atoms with van der Waals surface area (Å²) >= 11 is 1.53. The van der Waals surface area contributed by atoms with E-state index in [9.17, 15) is 9.59 Å². The minimum Gasteiger partial charge on any atom is -0.480 e. The molecule has 1 atom stereocenters. The van der Waals surface area contributed by atoms with Crippen LogP contribution in [0.25, 0.3) is 0 Å². The number of aliphatic carboxylic acids is 1. The van der Waals surface area contributed by atoms with Gasteiger partial charge in [-0.25, -0.2) is 14.6 Å². The first-order valence-electron chi connectivity index (χ1n) is 5.92. The predicted molar refractivity (Wildman–Crippen MR) is 68.2 cm³/mol. The van der Waals surface area contributed by atoms with Crippen molar-refractivity contribution in [1.82, 2.24) is 15.2 Å². The highest BCUT2D eigenvalue weighted by atomic mass is 32.1. The number of thiazole rings is 1. The number of urea groups is 1. The van der Waals surface area contributed by atoms with E-state index in [2.05, 4.69) is 10.3 Å². The van der Waals surface area contributed by atoms with Gasteiger partial charge in [-0.2, -0.15) is 0 Å². The largest absolute Gasteiger partial charge is 0.480 e. The van der Waals surface area contributed by atoms with Crippen molar-refractivity contribution in [2.24, 2.45) is 0 Å². The molecular formula is C11H15N3O4S. The Kier molecular flexibility index (Phi) is 4.69. The lowest BCUT2D eigenvalue weighted by Crippen LogP contribution is -2.55. The van der Waals surface area contributed by atoms with Crippen LogP contribution in [0.4, 0.5) is 4.79 Å². The number of carboxylic acids is 1. The van der Waals surface area contributed by atoms with Crippen molar-refractivity contribution in [3.05, 3.63) is 16.6 Å². The summed E-state index contributed by atoms with van der Waals surface area (Å²) in [5.74, 6) is -1.05. The lowest BCUT2D eigenvalue weighted by atomic mass is 10.2. The van der Waals surface area contributed by atoms with Crippen molar-refractivity contribution in [2.75, 3.05) is 26.3 Å². The van der Waals surface area contributed by atoms with E-state index in [1.54, 1.807) is 6.20 Å². The summed E-state index contributed by atoms with van der Waals surface area (Å²) in [5, 5.41) is 14.5. The minimum absolute atomic E-state index is 0.0369. The van der Waals surface area contributed by atoms with Gasteiger partial charge in [-0.05, 0) is 0 Å². The third-order valence-corrected chi connectivity index (χ3v) is 3.61. The van der Waals surface area contributed by atoms with E-state index in [0.717, 1.165) is 5.01 Å². The first-order valence-corrected chi connectivity index (χ1v) is 6.80. The van der Waals surface area contributed by atoms with Gasteiger partial charge in [0.05, 0.1) is 18.2 Å². The number of amides is 2. The monoisotopic (exact) mass is 285 g/mol. The second-order valence-electron chi connectivity index (χ2n) is 4.03. The Bertz CT molecular complexity index is 437. The van der Waals surface area contributed by atoms with E-state index in [1.165, 1.54) is 16.2 Å². The number of nitrogens with zero attached hydrogens (tertiary/aromatic N) is 2. The molecule has 1 unspecified atom stereocenters. The molecule has 1 aliphatic rings. The van der Waals surface area contributed by atoms with Crippen molar-refractivity contribution in [3.8, 4) is 0 Å². The molecule has 1 aromatic rings. The Hall–Kier alpha value is -1.67. The highest BCUT2D eigenvalue weighted by Crippen LogP contribution is 2.08. The van der Waals surface area contributed by atoms with Gasteiger partial charge < -0.3 is 20.1 Å². The normalized spacial score (nSPS) is 19.2. The molecule has 1 saturated heterocycles. The van der Waals surface area contributed by atoms with Gasteiger partial charge >= 0.3 is 12.0 Å². The van der Waals surface area contributed by atoms with Gasteiger partial charge in [0.1, 0.15) is 0 Å². The van der Waals surface area contributed by atoms with E-state index in [0.29, 0.717) is 26.1 Å². The number of carboxylic acid groups (broad SMARTS) is 1. The molecule has 1 fully saturated rings. The number of hydrogen-bond acceptors (Lipinski definition) is 5. The fraction of sp³-hybridized carbons (Fsp3) is 0.545. The van der Waals surface area contributed by atoms with Crippen LogP contribution in [-0.2, 0) is 16.0 Å². The Morgan fingerprint density at radius 1 is 1.63 bits per heavy atom. The highest BCUT2D eigenvalue weighted by molar-refractivity contribution is 7.09. The van der Waals surface area contributed by atoms with Crippen LogP contribution in [-0.4, -0.2) is 59.3 Å². The minimum atomic E-state index is -1.05. The zero-order valence-corrected chi connectivity index (χ0v) is 11.1. The topological polar surface area (TPSA) is 91.8 Å². The lowest BCUT2D eigenvalue weighted by Gasteiger charge is -2.32. The van der Waals surface area contributed by atoms with Gasteiger partial charge in [0.15, 0.2) is 6.04 Å². The number of aromatic nitrogens is 1. The number of ether oxygens (including phenoxy) is 1. The third-order valence-electron chi connectivity index (χ3n) is 2.77. The molecule has 7 nitrogen and oxygen atoms in total. The van der Waals surface area contributed by atoms with Gasteiger partial charge in [-0.3, -0.25) is 0 Å². The molecule has 19 heavy (non-hydrogen) atoms. The van der Waals surface area contributed by atoms with Gasteiger partial charge in [0, 0.05) is 31.1 Å². The van der Waals surface area contributed by atoms with Crippen LogP contribution in [0.5, 0.6) is 0 Å². The standard InChI is InChI=1S/C11H15N3O4S/c15-10(16)8-7-18-5-4-14(8)11(17)13-2-1-9-12-3-6-19-9/h3,6,8H,1-2,4-5,7H2,(H,13,17)(H,15,16). The molecule has 0 saturated carbocycles. The number of carbonyl (C=O) groups is 2. The van der Waals surface area contributed by atoms with Crippen LogP contribution in [0.1, 0.15) is 5.01 Å². The Balaban J connectivity index is 1.82. The van der Waals surface area contributed by atoms with Crippen LogP contribution < -0.4 is 5.32 Å². The summed E-state index contributed by atoms with van der Waals surface area (Å²) < 4.78 is 5.08. The van der Waals surface area contributed by atoms with E-state index in [1.807, 2.05) is 5.38 Å². The van der Waals surface area contributed by atoms with E-state index in [-0.39, 0.29) is 12.6 Å². The Morgan fingerprint density at radius 3 is 3.16 bits per heavy atom. The highest BCUT2D eigenvalue weighted by Gasteiger charge is 2.32. The molecule has 0 spiro atoms. The van der Waals surface area contributed by atoms with Crippen molar-refractivity contribution in [3.63, 3.8) is 0 Å². The van der Waals surface area contributed by atoms with Crippen LogP contribution in [0, 0.1) is 0 Å². The number of nitrogens with one attached hydrogen (secondary N) is 1. The van der Waals surface area contributed by atoms with Crippen molar-refractivity contribution >= 4 is 23.3 Å². The Labute approximate surface area is 114 Å². The zero-order chi connectivity index (χ0) is 13.7. The molecule has 0 bridgehead atoms. The molecule has 2 heterocycles. The average molecular weight is 285 g/mol. The molecule has 2 N–H and O–H groups in total. The summed E-state index contributed by atoms with van der Waals surface area (Å²) in [6, 6.07) is -1.28. The van der Waals surface area contributed by atoms with E-state index >= 15 is 0 Å². The maximum Gasteiger partial charge on any atom is 0.328 e. The molecule has 0 radical (unpaired) electrons. The fourth-order valence-electron chi connectivity index (χ4n) is 1.81. The second kappa shape index (κ2) is 6.48. The zero-order valence-electron chi connectivity index (χ0n) is 10.2. The van der Waals surface area contributed by atoms with Crippen LogP contribution in [0.15, 0.2) is 11.6 Å². The molecule has 0 aliphatic carbocycles. The van der Waals surface area contributed by atoms with E-state index in [4.69, 9.17) is 9.84 Å². The summed E-state index contributed by atoms with van der Waals surface area (Å²) in [4.78, 5) is 28.3. The van der Waals surface area contributed by atoms with E-state index < -0.39 is 12.0 Å². The molecule has 2 amide bonds. The summed E-state index contributed by atoms with van der Waals surface area (Å²) in [7, 11) is 0. The Morgan fingerprint density at radius 2 is 2.47 bits per heavy atom. The molecule has 104 valence electrons. The molecular weight excluding hydrogens is 270 g/mol. The quantitative estimate of drug-likeness (QED) is 0.823. The van der Waals surface area contributed by atoms with Gasteiger partial charge in [-0.15, -0.1) is 11.3 Å². The number of rotatable bonds is 4. The predicted octanol–water partition coefficient (Wildman–Crippen LogP) is 0.181. The SMILES string of the molecule is O=C(O)C1COCCN1C(=O)NCCc1nccs1. The number of morpholine rings is 1. The molecule has 0 aromatic carbocycles. The molecule has 8 heteroatoms. The summed E-state index contributed by atoms with van der Waals surface area (Å²) in [5.41, 5.74) is 0. The summed E-state index contributed by atoms with van der Waals surface area (Å²) in [6.07, 6.45) is 2.36. The number of hydrogen-bond donors (Lipinski definition) is 2. The molecule has 1 aromatic heterocycles. The lowest BCUT2D eigenvalue weighted by molar-refractivity contribution is -0.147. The van der Waals surface area contributed by atoms with Crippen LogP contribution in [0.2, 0.25) is 0 Å². The summed E-state index contributed by atoms with van der Waals surface area (Å²) in [6.45, 7) is 1.13. The maximum absolute atomic E-state index is 11.9. The van der Waals surface area contributed by atoms with Crippen LogP contribution in [0.3, 0.4) is 0 Å². The smallest absolute Gasteiger partial charge is 0.328 e. The second-order valence-corrected chi connectivity index (χ2v) is 5.01. The van der Waals surface area contributed by atoms with Gasteiger partial charge in [0.2, 0.25) is 0 Å². The first kappa shape index (κ1) is 13.8. The third kappa shape index (κ3) is 3.65. The maximum atomic E-state index is 11.9. The van der Waals surface area contributed by atoms with Crippen molar-refractivity contribution in [2.45, 2.75) is 12.5 Å². The first-order chi connectivity index (χ1) is 9.18. The average Bonchev–Trinajstić information content (AvgIpc) is 2.91.